The number of aliphatic hydroxyl groups is 1. The van der Waals surface area contributed by atoms with Crippen molar-refractivity contribution in [2.45, 2.75) is 31.5 Å². The number of hydrogen-bond acceptors (Lipinski definition) is 8. The number of aromatic nitrogens is 4. The van der Waals surface area contributed by atoms with Gasteiger partial charge in [0.25, 0.3) is 0 Å². The van der Waals surface area contributed by atoms with E-state index in [1.54, 1.807) is 6.33 Å². The Morgan fingerprint density at radius 3 is 2.80 bits per heavy atom. The Morgan fingerprint density at radius 2 is 2.16 bits per heavy atom. The maximum atomic E-state index is 9.67. The molecule has 6 atom stereocenters. The number of aliphatic hydroxyl groups excluding tert-OH is 1. The summed E-state index contributed by atoms with van der Waals surface area (Å²) in [5, 5.41) is 9.67. The molecule has 1 N–H and O–H groups in total. The minimum Gasteiger partial charge on any atom is -0.394 e. The van der Waals surface area contributed by atoms with Gasteiger partial charge in [0, 0.05) is 29.2 Å². The van der Waals surface area contributed by atoms with Crippen LogP contribution in [0.3, 0.4) is 0 Å². The fraction of sp³-hybridized carbons (Fsp3) is 0.643. The number of nitrogens with zero attached hydrogens (tertiary/aromatic N) is 5. The fourth-order valence-electron chi connectivity index (χ4n) is 3.03. The predicted octanol–water partition coefficient (Wildman–Crippen LogP) is 0.956. The second-order valence-electron chi connectivity index (χ2n) is 5.78. The van der Waals surface area contributed by atoms with Crippen molar-refractivity contribution >= 4 is 34.4 Å². The van der Waals surface area contributed by atoms with Crippen molar-refractivity contribution in [3.63, 3.8) is 0 Å². The highest BCUT2D eigenvalue weighted by Crippen LogP contribution is 2.40. The zero-order valence-corrected chi connectivity index (χ0v) is 16.5. The number of anilines is 1. The normalized spacial score (nSPS) is 26.9. The zero-order valence-electron chi connectivity index (χ0n) is 14.4. The van der Waals surface area contributed by atoms with E-state index in [2.05, 4.69) is 23.9 Å². The van der Waals surface area contributed by atoms with Crippen LogP contribution in [-0.2, 0) is 14.0 Å². The Balaban J connectivity index is 2.02. The van der Waals surface area contributed by atoms with Crippen molar-refractivity contribution in [3.05, 3.63) is 12.7 Å². The van der Waals surface area contributed by atoms with E-state index < -0.39 is 12.3 Å². The summed E-state index contributed by atoms with van der Waals surface area (Å²) in [5.41, 5.74) is 1.34. The molecule has 1 saturated heterocycles. The third-order valence-corrected chi connectivity index (χ3v) is 4.88. The van der Waals surface area contributed by atoms with Crippen molar-refractivity contribution in [3.8, 4) is 0 Å². The van der Waals surface area contributed by atoms with Gasteiger partial charge in [-0.2, -0.15) is 0 Å². The molecule has 3 heterocycles. The Bertz CT molecular complexity index is 716. The first-order chi connectivity index (χ1) is 12.1. The van der Waals surface area contributed by atoms with Crippen molar-refractivity contribution in [1.29, 1.82) is 0 Å². The zero-order chi connectivity index (χ0) is 18.0. The molecule has 9 nitrogen and oxygen atoms in total. The van der Waals surface area contributed by atoms with Gasteiger partial charge in [-0.05, 0) is 6.92 Å². The number of ether oxygens (including phenoxy) is 2. The first-order valence-corrected chi connectivity index (χ1v) is 10.7. The second-order valence-corrected chi connectivity index (χ2v) is 6.96. The molecule has 3 rings (SSSR count). The Hall–Kier alpha value is -0.950. The summed E-state index contributed by atoms with van der Waals surface area (Å²) in [7, 11) is 6.55. The van der Waals surface area contributed by atoms with Crippen LogP contribution in [0.25, 0.3) is 11.2 Å². The molecule has 0 aliphatic carbocycles. The largest absolute Gasteiger partial charge is 0.394 e. The first kappa shape index (κ1) is 18.8. The summed E-state index contributed by atoms with van der Waals surface area (Å²) >= 11 is 0. The third kappa shape index (κ3) is 3.50. The highest BCUT2D eigenvalue weighted by molar-refractivity contribution is 8.00. The van der Waals surface area contributed by atoms with E-state index in [1.807, 2.05) is 30.5 Å². The number of imidazole rings is 1. The summed E-state index contributed by atoms with van der Waals surface area (Å²) in [4.78, 5) is 15.0. The van der Waals surface area contributed by atoms with Gasteiger partial charge in [-0.3, -0.25) is 4.57 Å². The smallest absolute Gasteiger partial charge is 0.167 e. The van der Waals surface area contributed by atoms with Crippen LogP contribution in [0.4, 0.5) is 5.82 Å². The lowest BCUT2D eigenvalue weighted by Gasteiger charge is -2.23. The van der Waals surface area contributed by atoms with Crippen LogP contribution >= 0.6 is 17.4 Å². The van der Waals surface area contributed by atoms with Crippen LogP contribution in [0.2, 0.25) is 0 Å². The van der Waals surface area contributed by atoms with Gasteiger partial charge in [0.15, 0.2) is 23.2 Å². The highest BCUT2D eigenvalue weighted by atomic mass is 32.0. The molecule has 1 aliphatic rings. The minimum absolute atomic E-state index is 0.147. The molecule has 0 amide bonds. The van der Waals surface area contributed by atoms with E-state index in [-0.39, 0.29) is 27.3 Å². The molecule has 25 heavy (non-hydrogen) atoms. The molecule has 0 spiro atoms. The number of hydrogen-bond donors (Lipinski definition) is 1. The monoisotopic (exact) mass is 387 g/mol. The molecular weight excluding hydrogens is 364 g/mol. The number of rotatable bonds is 7. The molecule has 138 valence electrons. The van der Waals surface area contributed by atoms with Crippen molar-refractivity contribution in [1.82, 2.24) is 19.5 Å². The maximum absolute atomic E-state index is 9.67. The fourth-order valence-corrected chi connectivity index (χ4v) is 3.91. The standard InChI is InChI=1S/C14H23N5O4P2/c1-4-21-10-8(5-20)22-14(11(10)23-25-24)19-7-17-9-12(18(2)3)15-6-16-13(9)19/h6-8,10-11,14,20,25H,4-5,24H2,1-3H3/t8-,10+,11?,14-/m1/s1. The molecule has 0 saturated carbocycles. The summed E-state index contributed by atoms with van der Waals surface area (Å²) in [5.74, 6) is 0.729. The minimum atomic E-state index is -0.489. The van der Waals surface area contributed by atoms with Gasteiger partial charge in [-0.1, -0.05) is 8.93 Å². The highest BCUT2D eigenvalue weighted by Gasteiger charge is 2.47. The Labute approximate surface area is 150 Å². The number of fused-ring (bicyclic) bond motifs is 1. The van der Waals surface area contributed by atoms with Gasteiger partial charge in [0.2, 0.25) is 0 Å². The van der Waals surface area contributed by atoms with Crippen molar-refractivity contribution < 1.29 is 19.1 Å². The van der Waals surface area contributed by atoms with Crippen LogP contribution in [-0.4, -0.2) is 70.2 Å². The van der Waals surface area contributed by atoms with Crippen molar-refractivity contribution in [2.24, 2.45) is 0 Å². The summed E-state index contributed by atoms with van der Waals surface area (Å²) in [6, 6.07) is 0. The maximum Gasteiger partial charge on any atom is 0.167 e. The van der Waals surface area contributed by atoms with E-state index in [9.17, 15) is 5.11 Å². The summed E-state index contributed by atoms with van der Waals surface area (Å²) in [6.45, 7) is 2.27. The molecule has 0 bridgehead atoms. The van der Waals surface area contributed by atoms with Crippen LogP contribution in [0.1, 0.15) is 13.2 Å². The molecule has 11 heteroatoms. The molecule has 2 aromatic heterocycles. The van der Waals surface area contributed by atoms with Gasteiger partial charge < -0.3 is 24.0 Å². The first-order valence-electron chi connectivity index (χ1n) is 7.96. The molecule has 0 aromatic carbocycles. The van der Waals surface area contributed by atoms with Crippen LogP contribution < -0.4 is 4.90 Å². The van der Waals surface area contributed by atoms with E-state index in [4.69, 9.17) is 14.0 Å². The van der Waals surface area contributed by atoms with E-state index >= 15 is 0 Å². The average molecular weight is 387 g/mol. The third-order valence-electron chi connectivity index (χ3n) is 4.07. The SMILES string of the molecule is CCO[C@@H]1C(OPP)[C@H](n2cnc3c(N(C)C)ncnc32)O[C@@H]1CO. The van der Waals surface area contributed by atoms with Crippen LogP contribution in [0.15, 0.2) is 12.7 Å². The Kier molecular flexibility index (Phi) is 6.15. The van der Waals surface area contributed by atoms with Gasteiger partial charge in [0.1, 0.15) is 24.6 Å². The lowest BCUT2D eigenvalue weighted by molar-refractivity contribution is -0.0584. The van der Waals surface area contributed by atoms with Crippen LogP contribution in [0, 0.1) is 0 Å². The van der Waals surface area contributed by atoms with Gasteiger partial charge in [-0.25, -0.2) is 15.0 Å². The van der Waals surface area contributed by atoms with Gasteiger partial charge >= 0.3 is 0 Å². The lowest BCUT2D eigenvalue weighted by Crippen LogP contribution is -2.36. The molecule has 1 fully saturated rings. The molecular formula is C14H23N5O4P2. The quantitative estimate of drug-likeness (QED) is 0.702. The molecule has 1 aliphatic heterocycles. The van der Waals surface area contributed by atoms with E-state index in [0.29, 0.717) is 17.8 Å². The molecule has 2 aromatic rings. The van der Waals surface area contributed by atoms with Gasteiger partial charge in [0.05, 0.1) is 12.9 Å². The van der Waals surface area contributed by atoms with Crippen LogP contribution in [0.5, 0.6) is 0 Å². The van der Waals surface area contributed by atoms with Gasteiger partial charge in [-0.15, -0.1) is 0 Å². The summed E-state index contributed by atoms with van der Waals surface area (Å²) < 4.78 is 19.5. The molecule has 3 unspecified atom stereocenters. The summed E-state index contributed by atoms with van der Waals surface area (Å²) in [6.07, 6.45) is 1.48. The van der Waals surface area contributed by atoms with E-state index in [1.165, 1.54) is 6.33 Å². The second kappa shape index (κ2) is 8.16. The van der Waals surface area contributed by atoms with Crippen molar-refractivity contribution in [2.75, 3.05) is 32.2 Å². The Morgan fingerprint density at radius 1 is 1.36 bits per heavy atom. The van der Waals surface area contributed by atoms with E-state index in [0.717, 1.165) is 5.82 Å². The predicted molar refractivity (Wildman–Crippen MR) is 99.0 cm³/mol. The lowest BCUT2D eigenvalue weighted by atomic mass is 10.1. The average Bonchev–Trinajstić information content (AvgIpc) is 3.17. The topological polar surface area (TPSA) is 94.8 Å². The molecule has 0 radical (unpaired) electrons.